The van der Waals surface area contributed by atoms with Crippen LogP contribution in [0.3, 0.4) is 0 Å². The highest BCUT2D eigenvalue weighted by Crippen LogP contribution is 2.23. The normalized spacial score (nSPS) is 16.0. The molecule has 2 heteroatoms. The molecule has 0 aliphatic rings. The molecule has 0 aromatic heterocycles. The van der Waals surface area contributed by atoms with Crippen LogP contribution in [0.5, 0.6) is 0 Å². The number of hydrogen-bond acceptors (Lipinski definition) is 2. The molecule has 18 heavy (non-hydrogen) atoms. The summed E-state index contributed by atoms with van der Waals surface area (Å²) in [7, 11) is 0. The van der Waals surface area contributed by atoms with Crippen molar-refractivity contribution >= 4 is 5.78 Å². The van der Waals surface area contributed by atoms with E-state index >= 15 is 0 Å². The molecule has 1 aromatic rings. The van der Waals surface area contributed by atoms with Crippen LogP contribution in [-0.2, 0) is 4.79 Å². The maximum absolute atomic E-state index is 12.2. The van der Waals surface area contributed by atoms with Gasteiger partial charge in [-0.2, -0.15) is 0 Å². The second-order valence-corrected chi connectivity index (χ2v) is 5.29. The lowest BCUT2D eigenvalue weighted by Gasteiger charge is -2.20. The maximum atomic E-state index is 12.2. The van der Waals surface area contributed by atoms with Gasteiger partial charge in [0, 0.05) is 18.4 Å². The first-order valence-electron chi connectivity index (χ1n) is 6.89. The Morgan fingerprint density at radius 3 is 2.39 bits per heavy atom. The third kappa shape index (κ3) is 4.26. The molecule has 0 aliphatic heterocycles. The molecule has 2 nitrogen and oxygen atoms in total. The Morgan fingerprint density at radius 1 is 1.22 bits per heavy atom. The van der Waals surface area contributed by atoms with Crippen LogP contribution in [0.1, 0.15) is 51.6 Å². The lowest BCUT2D eigenvalue weighted by Crippen LogP contribution is -2.27. The second-order valence-electron chi connectivity index (χ2n) is 5.29. The predicted molar refractivity (Wildman–Crippen MR) is 76.2 cm³/mol. The first-order chi connectivity index (χ1) is 8.56. The van der Waals surface area contributed by atoms with Crippen molar-refractivity contribution in [3.8, 4) is 0 Å². The summed E-state index contributed by atoms with van der Waals surface area (Å²) < 4.78 is 0. The fourth-order valence-corrected chi connectivity index (χ4v) is 2.29. The van der Waals surface area contributed by atoms with Crippen LogP contribution in [0, 0.1) is 11.8 Å². The molecule has 0 heterocycles. The van der Waals surface area contributed by atoms with Crippen molar-refractivity contribution < 1.29 is 4.79 Å². The van der Waals surface area contributed by atoms with Gasteiger partial charge in [-0.3, -0.25) is 4.79 Å². The number of ketones is 1. The molecule has 0 radical (unpaired) electrons. The average molecular weight is 247 g/mol. The van der Waals surface area contributed by atoms with Crippen LogP contribution in [0.15, 0.2) is 30.3 Å². The molecule has 0 spiro atoms. The van der Waals surface area contributed by atoms with E-state index in [2.05, 4.69) is 13.8 Å². The van der Waals surface area contributed by atoms with Crippen LogP contribution >= 0.6 is 0 Å². The van der Waals surface area contributed by atoms with Crippen LogP contribution < -0.4 is 5.73 Å². The van der Waals surface area contributed by atoms with Crippen LogP contribution in [0.25, 0.3) is 0 Å². The van der Waals surface area contributed by atoms with Gasteiger partial charge in [-0.1, -0.05) is 63.9 Å². The lowest BCUT2D eigenvalue weighted by atomic mass is 9.87. The van der Waals surface area contributed by atoms with Crippen LogP contribution in [0.2, 0.25) is 0 Å². The van der Waals surface area contributed by atoms with E-state index in [1.54, 1.807) is 0 Å². The Kier molecular flexibility index (Phi) is 6.06. The Morgan fingerprint density at radius 2 is 1.83 bits per heavy atom. The van der Waals surface area contributed by atoms with Gasteiger partial charge in [-0.15, -0.1) is 0 Å². The molecule has 0 aliphatic carbocycles. The van der Waals surface area contributed by atoms with Gasteiger partial charge in [0.25, 0.3) is 0 Å². The van der Waals surface area contributed by atoms with Crippen molar-refractivity contribution in [2.24, 2.45) is 17.6 Å². The van der Waals surface area contributed by atoms with Gasteiger partial charge in [0.1, 0.15) is 5.78 Å². The molecule has 100 valence electrons. The van der Waals surface area contributed by atoms with Crippen molar-refractivity contribution in [2.75, 3.05) is 0 Å². The average Bonchev–Trinajstić information content (AvgIpc) is 2.38. The fraction of sp³-hybridized carbons (Fsp3) is 0.562. The van der Waals surface area contributed by atoms with Gasteiger partial charge in [-0.25, -0.2) is 0 Å². The predicted octanol–water partition coefficient (Wildman–Crippen LogP) is 3.72. The summed E-state index contributed by atoms with van der Waals surface area (Å²) in [5, 5.41) is 0. The zero-order chi connectivity index (χ0) is 13.5. The Hall–Kier alpha value is -1.15. The molecule has 0 bridgehead atoms. The van der Waals surface area contributed by atoms with Gasteiger partial charge >= 0.3 is 0 Å². The highest BCUT2D eigenvalue weighted by Gasteiger charge is 2.22. The van der Waals surface area contributed by atoms with Crippen LogP contribution in [-0.4, -0.2) is 5.78 Å². The van der Waals surface area contributed by atoms with Crippen molar-refractivity contribution in [3.05, 3.63) is 35.9 Å². The Labute approximate surface area is 111 Å². The zero-order valence-electron chi connectivity index (χ0n) is 11.7. The molecule has 0 saturated carbocycles. The van der Waals surface area contributed by atoms with Gasteiger partial charge < -0.3 is 5.73 Å². The number of Topliss-reactive ketones (excluding diaryl/α,β-unsaturated/α-hetero) is 1. The van der Waals surface area contributed by atoms with E-state index < -0.39 is 0 Å². The number of hydrogen-bond donors (Lipinski definition) is 1. The van der Waals surface area contributed by atoms with Crippen LogP contribution in [0.4, 0.5) is 0 Å². The van der Waals surface area contributed by atoms with Gasteiger partial charge in [0.2, 0.25) is 0 Å². The van der Waals surface area contributed by atoms with E-state index in [1.807, 2.05) is 37.3 Å². The molecule has 1 aromatic carbocycles. The molecular weight excluding hydrogens is 222 g/mol. The number of carbonyl (C=O) groups is 1. The topological polar surface area (TPSA) is 43.1 Å². The zero-order valence-corrected chi connectivity index (χ0v) is 11.7. The van der Waals surface area contributed by atoms with E-state index in [0.29, 0.717) is 12.3 Å². The quantitative estimate of drug-likeness (QED) is 0.798. The molecule has 2 N–H and O–H groups in total. The summed E-state index contributed by atoms with van der Waals surface area (Å²) in [4.78, 5) is 12.2. The summed E-state index contributed by atoms with van der Waals surface area (Å²) in [5.74, 6) is 0.645. The van der Waals surface area contributed by atoms with Gasteiger partial charge in [0.05, 0.1) is 0 Å². The molecule has 3 unspecified atom stereocenters. The maximum Gasteiger partial charge on any atom is 0.137 e. The molecule has 0 saturated heterocycles. The number of nitrogens with two attached hydrogens (primary N) is 1. The SMILES string of the molecule is CCCC(C)CC(=O)C(C)C(N)c1ccccc1. The third-order valence-electron chi connectivity index (χ3n) is 3.56. The standard InChI is InChI=1S/C16H25NO/c1-4-8-12(2)11-15(18)13(3)16(17)14-9-6-5-7-10-14/h5-7,9-10,12-13,16H,4,8,11,17H2,1-3H3. The molecule has 3 atom stereocenters. The van der Waals surface area contributed by atoms with Crippen molar-refractivity contribution in [1.82, 2.24) is 0 Å². The minimum Gasteiger partial charge on any atom is -0.323 e. The van der Waals surface area contributed by atoms with E-state index in [-0.39, 0.29) is 17.7 Å². The highest BCUT2D eigenvalue weighted by molar-refractivity contribution is 5.81. The largest absolute Gasteiger partial charge is 0.323 e. The Balaban J connectivity index is 2.58. The fourth-order valence-electron chi connectivity index (χ4n) is 2.29. The summed E-state index contributed by atoms with van der Waals surface area (Å²) in [6.45, 7) is 6.24. The number of carbonyl (C=O) groups excluding carboxylic acids is 1. The Bertz CT molecular complexity index is 361. The van der Waals surface area contributed by atoms with E-state index in [0.717, 1.165) is 18.4 Å². The van der Waals surface area contributed by atoms with Crippen molar-refractivity contribution in [3.63, 3.8) is 0 Å². The summed E-state index contributed by atoms with van der Waals surface area (Å²) in [6.07, 6.45) is 2.89. The monoisotopic (exact) mass is 247 g/mol. The van der Waals surface area contributed by atoms with Crippen molar-refractivity contribution in [1.29, 1.82) is 0 Å². The minimum atomic E-state index is -0.187. The first-order valence-corrected chi connectivity index (χ1v) is 6.89. The highest BCUT2D eigenvalue weighted by atomic mass is 16.1. The minimum absolute atomic E-state index is 0.105. The summed E-state index contributed by atoms with van der Waals surface area (Å²) in [5.41, 5.74) is 7.21. The smallest absolute Gasteiger partial charge is 0.137 e. The second kappa shape index (κ2) is 7.32. The molecule has 0 amide bonds. The van der Waals surface area contributed by atoms with Gasteiger partial charge in [-0.05, 0) is 11.5 Å². The third-order valence-corrected chi connectivity index (χ3v) is 3.56. The number of benzene rings is 1. The molecule has 1 rings (SSSR count). The summed E-state index contributed by atoms with van der Waals surface area (Å²) in [6, 6.07) is 9.69. The lowest BCUT2D eigenvalue weighted by molar-refractivity contribution is -0.123. The van der Waals surface area contributed by atoms with Crippen molar-refractivity contribution in [2.45, 2.75) is 46.1 Å². The van der Waals surface area contributed by atoms with E-state index in [9.17, 15) is 4.79 Å². The first kappa shape index (κ1) is 14.9. The van der Waals surface area contributed by atoms with Gasteiger partial charge in [0.15, 0.2) is 0 Å². The van der Waals surface area contributed by atoms with E-state index in [1.165, 1.54) is 0 Å². The molecular formula is C16H25NO. The number of rotatable bonds is 7. The summed E-state index contributed by atoms with van der Waals surface area (Å²) >= 11 is 0. The molecule has 0 fully saturated rings. The van der Waals surface area contributed by atoms with E-state index in [4.69, 9.17) is 5.73 Å².